The Bertz CT molecular complexity index is 833. The summed E-state index contributed by atoms with van der Waals surface area (Å²) in [5.41, 5.74) is 6.56. The van der Waals surface area contributed by atoms with Crippen molar-refractivity contribution in [2.24, 2.45) is 0 Å². The first-order valence-corrected chi connectivity index (χ1v) is 7.61. The Balaban J connectivity index is 2.28. The highest BCUT2D eigenvalue weighted by Crippen LogP contribution is 2.29. The number of nitrogen functional groups attached to an aromatic ring is 1. The summed E-state index contributed by atoms with van der Waals surface area (Å²) < 4.78 is 10.2. The van der Waals surface area contributed by atoms with Gasteiger partial charge in [-0.15, -0.1) is 0 Å². The fraction of sp³-hybridized carbons (Fsp3) is 0.167. The van der Waals surface area contributed by atoms with E-state index in [-0.39, 0.29) is 11.4 Å². The lowest BCUT2D eigenvalue weighted by molar-refractivity contribution is -0.136. The van der Waals surface area contributed by atoms with E-state index < -0.39 is 17.7 Å². The second kappa shape index (κ2) is 8.02. The van der Waals surface area contributed by atoms with E-state index in [4.69, 9.17) is 15.2 Å². The van der Waals surface area contributed by atoms with Crippen LogP contribution in [-0.4, -0.2) is 31.9 Å². The lowest BCUT2D eigenvalue weighted by Crippen LogP contribution is -2.42. The smallest absolute Gasteiger partial charge is 0.323 e. The van der Waals surface area contributed by atoms with Crippen LogP contribution in [0.3, 0.4) is 0 Å². The molecule has 3 N–H and O–H groups in total. The first kappa shape index (κ1) is 18.8. The maximum absolute atomic E-state index is 12.5. The molecular formula is C18H19N3O5. The molecule has 0 saturated heterocycles. The van der Waals surface area contributed by atoms with Crippen molar-refractivity contribution in [2.45, 2.75) is 6.92 Å². The van der Waals surface area contributed by atoms with Crippen LogP contribution in [0, 0.1) is 0 Å². The highest BCUT2D eigenvalue weighted by Gasteiger charge is 2.27. The Hall–Kier alpha value is -3.55. The lowest BCUT2D eigenvalue weighted by atomic mass is 10.2. The van der Waals surface area contributed by atoms with Gasteiger partial charge in [-0.1, -0.05) is 0 Å². The second-order valence-electron chi connectivity index (χ2n) is 5.27. The number of nitrogens with two attached hydrogens (primary N) is 1. The van der Waals surface area contributed by atoms with Crippen molar-refractivity contribution in [1.82, 2.24) is 0 Å². The molecule has 136 valence electrons. The van der Waals surface area contributed by atoms with Gasteiger partial charge in [0.05, 0.1) is 25.6 Å². The minimum atomic E-state index is -1.04. The van der Waals surface area contributed by atoms with Crippen LogP contribution >= 0.6 is 0 Å². The van der Waals surface area contributed by atoms with Gasteiger partial charge in [-0.25, -0.2) is 4.90 Å². The average Bonchev–Trinajstić information content (AvgIpc) is 2.63. The van der Waals surface area contributed by atoms with E-state index in [1.54, 1.807) is 12.1 Å². The highest BCUT2D eigenvalue weighted by atomic mass is 16.5. The maximum Gasteiger partial charge on any atom is 0.323 e. The minimum Gasteiger partial charge on any atom is -0.497 e. The highest BCUT2D eigenvalue weighted by molar-refractivity contribution is 6.48. The molecule has 2 aromatic carbocycles. The molecule has 2 rings (SSSR count). The molecule has 0 aliphatic heterocycles. The molecule has 0 saturated carbocycles. The molecule has 0 atom stereocenters. The summed E-state index contributed by atoms with van der Waals surface area (Å²) in [6, 6.07) is 10.8. The molecule has 0 heterocycles. The molecule has 0 radical (unpaired) electrons. The average molecular weight is 357 g/mol. The number of amides is 3. The van der Waals surface area contributed by atoms with E-state index in [1.165, 1.54) is 51.5 Å². The Labute approximate surface area is 150 Å². The van der Waals surface area contributed by atoms with Crippen molar-refractivity contribution < 1.29 is 23.9 Å². The molecule has 8 heteroatoms. The van der Waals surface area contributed by atoms with E-state index in [0.29, 0.717) is 17.2 Å². The number of carbonyl (C=O) groups is 3. The first-order valence-electron chi connectivity index (χ1n) is 7.61. The Kier molecular flexibility index (Phi) is 5.79. The zero-order valence-corrected chi connectivity index (χ0v) is 14.6. The molecule has 3 amide bonds. The summed E-state index contributed by atoms with van der Waals surface area (Å²) in [5, 5.41) is 2.44. The summed E-state index contributed by atoms with van der Waals surface area (Å²) in [5.74, 6) is -1.83. The maximum atomic E-state index is 12.5. The number of ether oxygens (including phenoxy) is 2. The Morgan fingerprint density at radius 2 is 1.65 bits per heavy atom. The van der Waals surface area contributed by atoms with Gasteiger partial charge in [0, 0.05) is 18.7 Å². The van der Waals surface area contributed by atoms with Gasteiger partial charge in [0.25, 0.3) is 0 Å². The molecule has 0 spiro atoms. The molecule has 0 aromatic heterocycles. The summed E-state index contributed by atoms with van der Waals surface area (Å²) in [6.07, 6.45) is 0. The van der Waals surface area contributed by atoms with Crippen molar-refractivity contribution in [2.75, 3.05) is 30.2 Å². The number of nitrogens with zero attached hydrogens (tertiary/aromatic N) is 1. The van der Waals surface area contributed by atoms with E-state index >= 15 is 0 Å². The Morgan fingerprint density at radius 3 is 2.19 bits per heavy atom. The van der Waals surface area contributed by atoms with E-state index in [2.05, 4.69) is 5.32 Å². The standard InChI is InChI=1S/C18H19N3O5/c1-11(22)21(13-6-4-12(19)5-7-13)18(24)17(23)20-15-10-14(25-2)8-9-16(15)26-3/h4-10H,19H2,1-3H3,(H,20,23). The molecular weight excluding hydrogens is 338 g/mol. The van der Waals surface area contributed by atoms with Crippen molar-refractivity contribution in [3.8, 4) is 11.5 Å². The normalized spacial score (nSPS) is 9.96. The van der Waals surface area contributed by atoms with E-state index in [1.807, 2.05) is 0 Å². The summed E-state index contributed by atoms with van der Waals surface area (Å²) in [7, 11) is 2.90. The molecule has 0 aliphatic rings. The van der Waals surface area contributed by atoms with Gasteiger partial charge >= 0.3 is 11.8 Å². The van der Waals surface area contributed by atoms with Crippen molar-refractivity contribution in [1.29, 1.82) is 0 Å². The summed E-state index contributed by atoms with van der Waals surface area (Å²) in [4.78, 5) is 37.6. The van der Waals surface area contributed by atoms with E-state index in [0.717, 1.165) is 4.90 Å². The molecule has 2 aromatic rings. The van der Waals surface area contributed by atoms with Gasteiger partial charge in [-0.3, -0.25) is 14.4 Å². The number of anilines is 3. The van der Waals surface area contributed by atoms with Crippen LogP contribution in [0.15, 0.2) is 42.5 Å². The number of nitrogens with one attached hydrogen (secondary N) is 1. The van der Waals surface area contributed by atoms with Crippen LogP contribution in [0.2, 0.25) is 0 Å². The van der Waals surface area contributed by atoms with E-state index in [9.17, 15) is 14.4 Å². The molecule has 0 bridgehead atoms. The van der Waals surface area contributed by atoms with Crippen LogP contribution < -0.4 is 25.4 Å². The molecule has 0 fully saturated rings. The molecule has 26 heavy (non-hydrogen) atoms. The largest absolute Gasteiger partial charge is 0.497 e. The van der Waals surface area contributed by atoms with Gasteiger partial charge in [-0.05, 0) is 36.4 Å². The zero-order valence-electron chi connectivity index (χ0n) is 14.6. The number of hydrogen-bond acceptors (Lipinski definition) is 6. The number of rotatable bonds is 4. The molecule has 0 unspecified atom stereocenters. The zero-order chi connectivity index (χ0) is 19.3. The third kappa shape index (κ3) is 4.10. The van der Waals surface area contributed by atoms with Gasteiger partial charge in [0.2, 0.25) is 5.91 Å². The monoisotopic (exact) mass is 357 g/mol. The third-order valence-corrected chi connectivity index (χ3v) is 3.52. The van der Waals surface area contributed by atoms with Gasteiger partial charge in [0.15, 0.2) is 0 Å². The summed E-state index contributed by atoms with van der Waals surface area (Å²) >= 11 is 0. The summed E-state index contributed by atoms with van der Waals surface area (Å²) in [6.45, 7) is 1.19. The molecule has 0 aliphatic carbocycles. The fourth-order valence-electron chi connectivity index (χ4n) is 2.25. The number of methoxy groups -OCH3 is 2. The van der Waals surface area contributed by atoms with Crippen LogP contribution in [0.5, 0.6) is 11.5 Å². The van der Waals surface area contributed by atoms with Crippen molar-refractivity contribution in [3.63, 3.8) is 0 Å². The van der Waals surface area contributed by atoms with Gasteiger partial charge < -0.3 is 20.5 Å². The number of carbonyl (C=O) groups excluding carboxylic acids is 3. The minimum absolute atomic E-state index is 0.240. The van der Waals surface area contributed by atoms with Crippen LogP contribution in [0.1, 0.15) is 6.92 Å². The number of hydrogen-bond donors (Lipinski definition) is 2. The van der Waals surface area contributed by atoms with Gasteiger partial charge in [0.1, 0.15) is 11.5 Å². The number of benzene rings is 2. The molecule has 8 nitrogen and oxygen atoms in total. The predicted molar refractivity (Wildman–Crippen MR) is 97.2 cm³/mol. The SMILES string of the molecule is COc1ccc(OC)c(NC(=O)C(=O)N(C(C)=O)c2ccc(N)cc2)c1. The first-order chi connectivity index (χ1) is 12.4. The van der Waals surface area contributed by atoms with Crippen LogP contribution in [0.25, 0.3) is 0 Å². The predicted octanol–water partition coefficient (Wildman–Crippen LogP) is 1.80. The van der Waals surface area contributed by atoms with Crippen LogP contribution in [0.4, 0.5) is 17.1 Å². The van der Waals surface area contributed by atoms with Crippen molar-refractivity contribution >= 4 is 34.8 Å². The topological polar surface area (TPSA) is 111 Å². The quantitative estimate of drug-likeness (QED) is 0.638. The lowest BCUT2D eigenvalue weighted by Gasteiger charge is -2.19. The number of imide groups is 1. The fourth-order valence-corrected chi connectivity index (χ4v) is 2.25. The van der Waals surface area contributed by atoms with Crippen LogP contribution in [-0.2, 0) is 14.4 Å². The Morgan fingerprint density at radius 1 is 1.00 bits per heavy atom. The van der Waals surface area contributed by atoms with Gasteiger partial charge in [-0.2, -0.15) is 0 Å². The third-order valence-electron chi connectivity index (χ3n) is 3.52. The van der Waals surface area contributed by atoms with Crippen molar-refractivity contribution in [3.05, 3.63) is 42.5 Å². The second-order valence-corrected chi connectivity index (χ2v) is 5.27.